The number of ether oxygens (including phenoxy) is 4. The Balaban J connectivity index is 0.000000150. The first kappa shape index (κ1) is 35.7. The quantitative estimate of drug-likeness (QED) is 0.102. The van der Waals surface area contributed by atoms with Gasteiger partial charge in [0.2, 0.25) is 29.0 Å². The fraction of sp³-hybridized carbons (Fsp3) is 0.0870. The normalized spacial score (nSPS) is 15.8. The molecule has 12 nitrogen and oxygen atoms in total. The van der Waals surface area contributed by atoms with Crippen LogP contribution in [0.5, 0.6) is 23.3 Å². The number of fused-ring (bicyclic) bond motifs is 2. The molecule has 6 heterocycles. The zero-order valence-electron chi connectivity index (χ0n) is 30.7. The molecule has 0 fully saturated rings. The van der Waals surface area contributed by atoms with E-state index in [1.165, 1.54) is 0 Å². The molecule has 0 bridgehead atoms. The Kier molecular flexibility index (Phi) is 9.88. The summed E-state index contributed by atoms with van der Waals surface area (Å²) in [5, 5.41) is 0. The molecule has 282 valence electrons. The molecule has 2 atom stereocenters. The zero-order valence-corrected chi connectivity index (χ0v) is 30.7. The van der Waals surface area contributed by atoms with Crippen molar-refractivity contribution in [3.63, 3.8) is 0 Å². The number of imidazole rings is 2. The Bertz CT molecular complexity index is 2680. The molecular formula is C46H33N6O6+. The monoisotopic (exact) mass is 765 g/mol. The van der Waals surface area contributed by atoms with Gasteiger partial charge in [0, 0.05) is 47.5 Å². The van der Waals surface area contributed by atoms with Crippen molar-refractivity contribution in [3.8, 4) is 23.3 Å². The van der Waals surface area contributed by atoms with Crippen LogP contribution in [0.3, 0.4) is 0 Å². The number of carbonyl (C=O) groups excluding carboxylic acids is 2. The first-order valence-electron chi connectivity index (χ1n) is 18.5. The van der Waals surface area contributed by atoms with Crippen molar-refractivity contribution in [3.05, 3.63) is 192 Å². The van der Waals surface area contributed by atoms with Crippen LogP contribution in [0.2, 0.25) is 0 Å². The number of hydrogen-bond acceptors (Lipinski definition) is 10. The lowest BCUT2D eigenvalue weighted by atomic mass is 10.0. The Morgan fingerprint density at radius 3 is 2.03 bits per heavy atom. The Labute approximate surface area is 332 Å². The third-order valence-electron chi connectivity index (χ3n) is 9.53. The van der Waals surface area contributed by atoms with E-state index in [9.17, 15) is 9.59 Å². The molecule has 7 aromatic rings. The third kappa shape index (κ3) is 7.63. The molecule has 3 aromatic carbocycles. The highest BCUT2D eigenvalue weighted by atomic mass is 16.5. The minimum Gasteiger partial charge on any atom is -0.501 e. The van der Waals surface area contributed by atoms with Crippen LogP contribution in [0, 0.1) is 6.08 Å². The van der Waals surface area contributed by atoms with Gasteiger partial charge in [0.25, 0.3) is 0 Å². The SMILES string of the molecule is O=C(c1ccc(Oc2ncccc2C2C=COC2)cc1)c1nc2c([nH]1)C=C[C+]=C2.O=C(c1ccc(Oc2ncccc2C2CC=CO2)cc1)c1nc2ccccc2[nH]1. The minimum atomic E-state index is -0.181. The number of pyridine rings is 2. The summed E-state index contributed by atoms with van der Waals surface area (Å²) in [7, 11) is 0. The number of aromatic nitrogens is 6. The van der Waals surface area contributed by atoms with Gasteiger partial charge in [-0.25, -0.2) is 15.0 Å². The van der Waals surface area contributed by atoms with E-state index in [1.807, 2.05) is 66.8 Å². The predicted octanol–water partition coefficient (Wildman–Crippen LogP) is 9.25. The van der Waals surface area contributed by atoms with E-state index in [2.05, 4.69) is 36.0 Å². The average molecular weight is 766 g/mol. The van der Waals surface area contributed by atoms with Crippen molar-refractivity contribution in [2.45, 2.75) is 18.4 Å². The second kappa shape index (κ2) is 16.0. The third-order valence-corrected chi connectivity index (χ3v) is 9.53. The Morgan fingerprint density at radius 1 is 0.724 bits per heavy atom. The fourth-order valence-corrected chi connectivity index (χ4v) is 6.56. The van der Waals surface area contributed by atoms with E-state index in [-0.39, 0.29) is 23.6 Å². The van der Waals surface area contributed by atoms with Gasteiger partial charge in [0.15, 0.2) is 17.3 Å². The molecule has 10 rings (SSSR count). The van der Waals surface area contributed by atoms with Gasteiger partial charge >= 0.3 is 0 Å². The maximum Gasteiger partial charge on any atom is 0.229 e. The van der Waals surface area contributed by atoms with Crippen LogP contribution in [0.1, 0.15) is 73.3 Å². The number of para-hydroxylation sites is 2. The Hall–Kier alpha value is -7.95. The second-order valence-corrected chi connectivity index (χ2v) is 13.3. The second-order valence-electron chi connectivity index (χ2n) is 13.3. The maximum atomic E-state index is 12.7. The van der Waals surface area contributed by atoms with E-state index >= 15 is 0 Å². The van der Waals surface area contributed by atoms with Gasteiger partial charge in [-0.15, -0.1) is 0 Å². The van der Waals surface area contributed by atoms with E-state index in [0.717, 1.165) is 34.3 Å². The van der Waals surface area contributed by atoms with Crippen LogP contribution in [-0.2, 0) is 9.47 Å². The van der Waals surface area contributed by atoms with Crippen molar-refractivity contribution in [2.24, 2.45) is 0 Å². The molecule has 0 saturated carbocycles. The summed E-state index contributed by atoms with van der Waals surface area (Å²) in [5.41, 5.74) is 6.02. The summed E-state index contributed by atoms with van der Waals surface area (Å²) in [6.07, 6.45) is 19.7. The van der Waals surface area contributed by atoms with Gasteiger partial charge in [0.1, 0.15) is 29.8 Å². The standard InChI is InChI=1S/C23H17N3O3.C23H15N3O3/c27-21(22-25-18-6-1-2-7-19(18)26-22)15-9-11-16(12-10-15)29-23-17(5-3-13-24-23)20-8-4-14-28-20;27-21(22-25-19-5-1-2-6-20(19)26-22)15-7-9-17(10-8-15)29-23-18(4-3-12-24-23)16-11-13-28-14-16/h1-7,9-14,20H,8H2,(H,25,26);1,3-13,16H,14H2/p+1. The molecule has 0 radical (unpaired) electrons. The van der Waals surface area contributed by atoms with E-state index in [4.69, 9.17) is 18.9 Å². The first-order chi connectivity index (χ1) is 28.6. The molecule has 4 aromatic heterocycles. The van der Waals surface area contributed by atoms with Gasteiger partial charge in [-0.05, 0) is 91.0 Å². The molecule has 2 aliphatic heterocycles. The summed E-state index contributed by atoms with van der Waals surface area (Å²) in [6.45, 7) is 0.574. The minimum absolute atomic E-state index is 0.0902. The molecule has 2 unspecified atom stereocenters. The van der Waals surface area contributed by atoms with Crippen LogP contribution in [0.15, 0.2) is 140 Å². The van der Waals surface area contributed by atoms with Crippen LogP contribution < -0.4 is 9.47 Å². The lowest BCUT2D eigenvalue weighted by molar-refractivity contribution is 0.102. The Morgan fingerprint density at radius 2 is 1.40 bits per heavy atom. The van der Waals surface area contributed by atoms with E-state index in [1.54, 1.807) is 85.6 Å². The lowest BCUT2D eigenvalue weighted by Gasteiger charge is -2.14. The highest BCUT2D eigenvalue weighted by Crippen LogP contribution is 2.35. The first-order valence-corrected chi connectivity index (χ1v) is 18.5. The molecule has 2 N–H and O–H groups in total. The summed E-state index contributed by atoms with van der Waals surface area (Å²) in [6, 6.07) is 29.1. The van der Waals surface area contributed by atoms with Gasteiger partial charge < -0.3 is 28.9 Å². The number of rotatable bonds is 10. The van der Waals surface area contributed by atoms with Gasteiger partial charge in [-0.2, -0.15) is 4.98 Å². The smallest absolute Gasteiger partial charge is 0.229 e. The number of nitrogens with zero attached hydrogens (tertiary/aromatic N) is 4. The van der Waals surface area contributed by atoms with Crippen molar-refractivity contribution in [1.29, 1.82) is 0 Å². The number of nitrogens with one attached hydrogen (secondary N) is 2. The largest absolute Gasteiger partial charge is 0.501 e. The topological polar surface area (TPSA) is 154 Å². The number of benzene rings is 3. The van der Waals surface area contributed by atoms with Gasteiger partial charge in [-0.1, -0.05) is 18.2 Å². The van der Waals surface area contributed by atoms with Crippen LogP contribution >= 0.6 is 0 Å². The number of carbonyl (C=O) groups is 2. The number of hydrogen-bond donors (Lipinski definition) is 2. The fourth-order valence-electron chi connectivity index (χ4n) is 6.56. The molecule has 0 amide bonds. The molecule has 3 aliphatic rings. The number of H-pyrrole nitrogens is 2. The molecule has 0 saturated heterocycles. The van der Waals surface area contributed by atoms with Gasteiger partial charge in [0.05, 0.1) is 41.8 Å². The number of allylic oxidation sites excluding steroid dienone is 2. The average Bonchev–Trinajstić information content (AvgIpc) is 4.12. The van der Waals surface area contributed by atoms with Crippen molar-refractivity contribution in [2.75, 3.05) is 6.61 Å². The summed E-state index contributed by atoms with van der Waals surface area (Å²) in [5.74, 6) is 2.60. The van der Waals surface area contributed by atoms with Crippen molar-refractivity contribution in [1.82, 2.24) is 29.9 Å². The number of aromatic amines is 2. The summed E-state index contributed by atoms with van der Waals surface area (Å²) >= 11 is 0. The van der Waals surface area contributed by atoms with Crippen LogP contribution in [-0.4, -0.2) is 48.1 Å². The summed E-state index contributed by atoms with van der Waals surface area (Å²) < 4.78 is 22.8. The molecule has 0 spiro atoms. The van der Waals surface area contributed by atoms with Gasteiger partial charge in [-0.3, -0.25) is 9.59 Å². The van der Waals surface area contributed by atoms with E-state index in [0.29, 0.717) is 58.3 Å². The zero-order chi connectivity index (χ0) is 39.3. The van der Waals surface area contributed by atoms with E-state index < -0.39 is 0 Å². The highest BCUT2D eigenvalue weighted by Gasteiger charge is 2.23. The number of ketones is 2. The predicted molar refractivity (Wildman–Crippen MR) is 215 cm³/mol. The maximum absolute atomic E-state index is 12.7. The van der Waals surface area contributed by atoms with Crippen molar-refractivity contribution < 1.29 is 28.5 Å². The van der Waals surface area contributed by atoms with Crippen LogP contribution in [0.4, 0.5) is 0 Å². The molecular weight excluding hydrogens is 733 g/mol. The van der Waals surface area contributed by atoms with Crippen LogP contribution in [0.25, 0.3) is 23.2 Å². The molecule has 58 heavy (non-hydrogen) atoms. The summed E-state index contributed by atoms with van der Waals surface area (Å²) in [4.78, 5) is 49.0. The molecule has 1 aliphatic carbocycles. The molecule has 12 heteroatoms. The lowest BCUT2D eigenvalue weighted by Crippen LogP contribution is -2.04. The highest BCUT2D eigenvalue weighted by molar-refractivity contribution is 6.08. The van der Waals surface area contributed by atoms with Crippen molar-refractivity contribution >= 4 is 34.8 Å².